The molecular weight excluding hydrogens is 281 g/mol. The fourth-order valence-corrected chi connectivity index (χ4v) is 2.65. The highest BCUT2D eigenvalue weighted by Gasteiger charge is 2.33. The van der Waals surface area contributed by atoms with Gasteiger partial charge in [0.15, 0.2) is 0 Å². The van der Waals surface area contributed by atoms with Crippen molar-refractivity contribution in [3.63, 3.8) is 0 Å². The monoisotopic (exact) mass is 301 g/mol. The molecule has 0 bridgehead atoms. The van der Waals surface area contributed by atoms with E-state index in [0.29, 0.717) is 36.8 Å². The summed E-state index contributed by atoms with van der Waals surface area (Å²) in [7, 11) is 0. The second kappa shape index (κ2) is 6.39. The molecule has 0 aromatic heterocycles. The van der Waals surface area contributed by atoms with Crippen LogP contribution in [0.5, 0.6) is 0 Å². The van der Waals surface area contributed by atoms with Crippen LogP contribution in [0.25, 0.3) is 0 Å². The van der Waals surface area contributed by atoms with Gasteiger partial charge in [-0.2, -0.15) is 0 Å². The summed E-state index contributed by atoms with van der Waals surface area (Å²) in [6, 6.07) is 4.54. The zero-order valence-corrected chi connectivity index (χ0v) is 12.6. The molecule has 2 atom stereocenters. The van der Waals surface area contributed by atoms with E-state index in [1.807, 2.05) is 13.8 Å². The van der Waals surface area contributed by atoms with E-state index >= 15 is 0 Å². The summed E-state index contributed by atoms with van der Waals surface area (Å²) in [6.45, 7) is 5.31. The van der Waals surface area contributed by atoms with E-state index < -0.39 is 5.60 Å². The molecule has 0 amide bonds. The highest BCUT2D eigenvalue weighted by atomic mass is 35.5. The predicted molar refractivity (Wildman–Crippen MR) is 77.4 cm³/mol. The first-order valence-electron chi connectivity index (χ1n) is 6.90. The Morgan fingerprint density at radius 2 is 2.25 bits per heavy atom. The fraction of sp³-hybridized carbons (Fsp3) is 0.600. The second-order valence-corrected chi connectivity index (χ2v) is 6.23. The standard InChI is InChI=1S/C15H21ClFNO2/c1-10(2)14(12-4-3-11(16)7-13(12)17)18-8-15(19)5-6-20-9-15/h3-4,7,10,14,18-19H,5-6,8-9H2,1-2H3/t14-,15+/m0/s1. The molecule has 0 unspecified atom stereocenters. The number of hydrogen-bond donors (Lipinski definition) is 2. The zero-order valence-electron chi connectivity index (χ0n) is 11.8. The lowest BCUT2D eigenvalue weighted by Gasteiger charge is -2.28. The molecule has 112 valence electrons. The largest absolute Gasteiger partial charge is 0.386 e. The van der Waals surface area contributed by atoms with Gasteiger partial charge in [0.05, 0.1) is 6.61 Å². The lowest BCUT2D eigenvalue weighted by Crippen LogP contribution is -2.43. The van der Waals surface area contributed by atoms with Crippen LogP contribution in [0.1, 0.15) is 31.9 Å². The topological polar surface area (TPSA) is 41.5 Å². The molecule has 0 radical (unpaired) electrons. The number of hydrogen-bond acceptors (Lipinski definition) is 3. The van der Waals surface area contributed by atoms with E-state index in [-0.39, 0.29) is 17.8 Å². The van der Waals surface area contributed by atoms with Crippen molar-refractivity contribution in [2.75, 3.05) is 19.8 Å². The Balaban J connectivity index is 2.10. The zero-order chi connectivity index (χ0) is 14.8. The van der Waals surface area contributed by atoms with Gasteiger partial charge in [-0.25, -0.2) is 4.39 Å². The number of benzene rings is 1. The van der Waals surface area contributed by atoms with Crippen LogP contribution in [-0.4, -0.2) is 30.5 Å². The smallest absolute Gasteiger partial charge is 0.129 e. The van der Waals surface area contributed by atoms with Crippen LogP contribution in [-0.2, 0) is 4.74 Å². The van der Waals surface area contributed by atoms with Crippen molar-refractivity contribution in [1.29, 1.82) is 0 Å². The summed E-state index contributed by atoms with van der Waals surface area (Å²) in [5, 5.41) is 13.9. The van der Waals surface area contributed by atoms with Crippen LogP contribution >= 0.6 is 11.6 Å². The van der Waals surface area contributed by atoms with E-state index in [9.17, 15) is 9.50 Å². The van der Waals surface area contributed by atoms with Gasteiger partial charge in [0.25, 0.3) is 0 Å². The first kappa shape index (κ1) is 15.7. The van der Waals surface area contributed by atoms with E-state index in [0.717, 1.165) is 0 Å². The maximum Gasteiger partial charge on any atom is 0.129 e. The Labute approximate surface area is 124 Å². The summed E-state index contributed by atoms with van der Waals surface area (Å²) in [5.74, 6) is -0.130. The lowest BCUT2D eigenvalue weighted by molar-refractivity contribution is 0.0233. The van der Waals surface area contributed by atoms with Crippen LogP contribution in [0.4, 0.5) is 4.39 Å². The van der Waals surface area contributed by atoms with Crippen molar-refractivity contribution in [2.45, 2.75) is 31.9 Å². The third kappa shape index (κ3) is 3.70. The van der Waals surface area contributed by atoms with Crippen LogP contribution in [0.15, 0.2) is 18.2 Å². The summed E-state index contributed by atoms with van der Waals surface area (Å²) in [5.41, 5.74) is -0.275. The van der Waals surface area contributed by atoms with E-state index in [4.69, 9.17) is 16.3 Å². The van der Waals surface area contributed by atoms with Crippen molar-refractivity contribution >= 4 is 11.6 Å². The van der Waals surface area contributed by atoms with Gasteiger partial charge in [0.2, 0.25) is 0 Å². The minimum Gasteiger partial charge on any atom is -0.386 e. The second-order valence-electron chi connectivity index (χ2n) is 5.80. The third-order valence-corrected chi connectivity index (χ3v) is 3.93. The Morgan fingerprint density at radius 3 is 2.80 bits per heavy atom. The van der Waals surface area contributed by atoms with Crippen LogP contribution in [0, 0.1) is 11.7 Å². The van der Waals surface area contributed by atoms with Gasteiger partial charge in [-0.1, -0.05) is 31.5 Å². The molecule has 1 aliphatic heterocycles. The summed E-state index contributed by atoms with van der Waals surface area (Å²) >= 11 is 5.79. The van der Waals surface area contributed by atoms with E-state index in [1.165, 1.54) is 6.07 Å². The van der Waals surface area contributed by atoms with Gasteiger partial charge in [0.1, 0.15) is 11.4 Å². The first-order chi connectivity index (χ1) is 9.41. The highest BCUT2D eigenvalue weighted by Crippen LogP contribution is 2.27. The van der Waals surface area contributed by atoms with Crippen molar-refractivity contribution in [2.24, 2.45) is 5.92 Å². The van der Waals surface area contributed by atoms with Crippen molar-refractivity contribution in [1.82, 2.24) is 5.32 Å². The molecule has 0 aliphatic carbocycles. The number of halogens is 2. The SMILES string of the molecule is CC(C)[C@H](NC[C@]1(O)CCOC1)c1ccc(Cl)cc1F. The van der Waals surface area contributed by atoms with Gasteiger partial charge >= 0.3 is 0 Å². The molecule has 1 aromatic carbocycles. The first-order valence-corrected chi connectivity index (χ1v) is 7.27. The molecule has 1 saturated heterocycles. The average Bonchev–Trinajstić information content (AvgIpc) is 2.79. The van der Waals surface area contributed by atoms with Gasteiger partial charge < -0.3 is 15.2 Å². The van der Waals surface area contributed by atoms with E-state index in [1.54, 1.807) is 12.1 Å². The number of rotatable bonds is 5. The Hall–Kier alpha value is -0.680. The maximum absolute atomic E-state index is 14.0. The number of aliphatic hydroxyl groups is 1. The molecule has 1 aromatic rings. The van der Waals surface area contributed by atoms with E-state index in [2.05, 4.69) is 5.32 Å². The van der Waals surface area contributed by atoms with Crippen LogP contribution in [0.3, 0.4) is 0 Å². The number of nitrogens with one attached hydrogen (secondary N) is 1. The van der Waals surface area contributed by atoms with Crippen molar-refractivity contribution in [3.8, 4) is 0 Å². The molecule has 0 spiro atoms. The van der Waals surface area contributed by atoms with Gasteiger partial charge in [-0.15, -0.1) is 0 Å². The highest BCUT2D eigenvalue weighted by molar-refractivity contribution is 6.30. The normalized spacial score (nSPS) is 24.3. The Bertz CT molecular complexity index is 461. The molecule has 2 N–H and O–H groups in total. The molecule has 5 heteroatoms. The molecule has 2 rings (SSSR count). The number of ether oxygens (including phenoxy) is 1. The molecule has 3 nitrogen and oxygen atoms in total. The quantitative estimate of drug-likeness (QED) is 0.878. The molecular formula is C15H21ClFNO2. The third-order valence-electron chi connectivity index (χ3n) is 3.70. The van der Waals surface area contributed by atoms with Crippen LogP contribution < -0.4 is 5.32 Å². The van der Waals surface area contributed by atoms with Crippen molar-refractivity contribution in [3.05, 3.63) is 34.6 Å². The molecule has 1 heterocycles. The summed E-state index contributed by atoms with van der Waals surface area (Å²) < 4.78 is 19.3. The van der Waals surface area contributed by atoms with Gasteiger partial charge in [0, 0.05) is 36.2 Å². The average molecular weight is 302 g/mol. The predicted octanol–water partition coefficient (Wildman–Crippen LogP) is 2.92. The lowest BCUT2D eigenvalue weighted by atomic mass is 9.94. The van der Waals surface area contributed by atoms with Crippen molar-refractivity contribution < 1.29 is 14.2 Å². The van der Waals surface area contributed by atoms with Crippen LogP contribution in [0.2, 0.25) is 5.02 Å². The Kier molecular flexibility index (Phi) is 5.02. The molecule has 1 aliphatic rings. The summed E-state index contributed by atoms with van der Waals surface area (Å²) in [6.07, 6.45) is 0.605. The van der Waals surface area contributed by atoms with Gasteiger partial charge in [-0.3, -0.25) is 0 Å². The summed E-state index contributed by atoms with van der Waals surface area (Å²) in [4.78, 5) is 0. The molecule has 1 fully saturated rings. The molecule has 0 saturated carbocycles. The Morgan fingerprint density at radius 1 is 1.50 bits per heavy atom. The van der Waals surface area contributed by atoms with Gasteiger partial charge in [-0.05, 0) is 18.1 Å². The maximum atomic E-state index is 14.0. The minimum absolute atomic E-state index is 0.170. The fourth-order valence-electron chi connectivity index (χ4n) is 2.49. The minimum atomic E-state index is -0.851. The molecule has 20 heavy (non-hydrogen) atoms.